The zero-order valence-corrected chi connectivity index (χ0v) is 12.0. The van der Waals surface area contributed by atoms with E-state index in [4.69, 9.17) is 0 Å². The van der Waals surface area contributed by atoms with Crippen molar-refractivity contribution in [2.45, 2.75) is 58.0 Å². The van der Waals surface area contributed by atoms with E-state index in [9.17, 15) is 9.90 Å². The Morgan fingerprint density at radius 2 is 2.06 bits per heavy atom. The molecule has 0 aliphatic heterocycles. The first-order valence-corrected chi connectivity index (χ1v) is 7.68. The maximum absolute atomic E-state index is 11.3. The zero-order chi connectivity index (χ0) is 12.9. The van der Waals surface area contributed by atoms with E-state index >= 15 is 0 Å². The quantitative estimate of drug-likeness (QED) is 0.738. The first-order valence-electron chi connectivity index (χ1n) is 6.53. The Hall–Kier alpha value is -0.220. The van der Waals surface area contributed by atoms with Gasteiger partial charge in [0.25, 0.3) is 0 Å². The van der Waals surface area contributed by atoms with Crippen molar-refractivity contribution in [2.75, 3.05) is 11.5 Å². The van der Waals surface area contributed by atoms with Crippen LogP contribution in [0.15, 0.2) is 0 Å². The fourth-order valence-corrected chi connectivity index (χ4v) is 3.81. The van der Waals surface area contributed by atoms with E-state index in [1.165, 1.54) is 25.7 Å². The van der Waals surface area contributed by atoms with Crippen LogP contribution < -0.4 is 5.32 Å². The van der Waals surface area contributed by atoms with Gasteiger partial charge in [0.2, 0.25) is 0 Å². The molecule has 0 radical (unpaired) electrons. The Morgan fingerprint density at radius 1 is 1.47 bits per heavy atom. The maximum Gasteiger partial charge on any atom is 0.324 e. The summed E-state index contributed by atoms with van der Waals surface area (Å²) in [5, 5.41) is 12.5. The van der Waals surface area contributed by atoms with Gasteiger partial charge >= 0.3 is 5.97 Å². The second kappa shape index (κ2) is 6.64. The number of hydrogen-bond donors (Lipinski definition) is 2. The van der Waals surface area contributed by atoms with Crippen LogP contribution in [0.1, 0.15) is 46.5 Å². The molecule has 0 amide bonds. The van der Waals surface area contributed by atoms with Gasteiger partial charge in [-0.05, 0) is 45.3 Å². The molecule has 1 saturated carbocycles. The Morgan fingerprint density at radius 3 is 2.53 bits per heavy atom. The van der Waals surface area contributed by atoms with Crippen LogP contribution >= 0.6 is 11.8 Å². The van der Waals surface area contributed by atoms with Crippen molar-refractivity contribution in [3.05, 3.63) is 0 Å². The Bertz CT molecular complexity index is 252. The molecule has 17 heavy (non-hydrogen) atoms. The number of carboxylic acid groups (broad SMARTS) is 1. The molecule has 0 heterocycles. The summed E-state index contributed by atoms with van der Waals surface area (Å²) in [7, 11) is 0. The third kappa shape index (κ3) is 4.88. The number of hydrogen-bond acceptors (Lipinski definition) is 3. The monoisotopic (exact) mass is 259 g/mol. The first kappa shape index (κ1) is 14.8. The van der Waals surface area contributed by atoms with Gasteiger partial charge in [0, 0.05) is 11.8 Å². The Kier molecular flexibility index (Phi) is 5.80. The molecule has 4 heteroatoms. The molecule has 0 aromatic rings. The lowest BCUT2D eigenvalue weighted by Crippen LogP contribution is -2.54. The predicted molar refractivity (Wildman–Crippen MR) is 73.6 cm³/mol. The largest absolute Gasteiger partial charge is 0.480 e. The summed E-state index contributed by atoms with van der Waals surface area (Å²) < 4.78 is 0. The van der Waals surface area contributed by atoms with Crippen LogP contribution in [-0.4, -0.2) is 34.2 Å². The Labute approximate surface area is 109 Å². The van der Waals surface area contributed by atoms with E-state index in [0.717, 1.165) is 11.7 Å². The van der Waals surface area contributed by atoms with Gasteiger partial charge in [-0.25, -0.2) is 0 Å². The minimum atomic E-state index is -0.794. The van der Waals surface area contributed by atoms with Gasteiger partial charge < -0.3 is 5.11 Å². The average Bonchev–Trinajstić information content (AvgIpc) is 2.69. The van der Waals surface area contributed by atoms with Gasteiger partial charge in [0.15, 0.2) is 0 Å². The molecule has 1 aliphatic carbocycles. The third-order valence-corrected chi connectivity index (χ3v) is 4.79. The molecule has 100 valence electrons. The summed E-state index contributed by atoms with van der Waals surface area (Å²) in [4.78, 5) is 11.3. The fourth-order valence-electron chi connectivity index (χ4n) is 2.41. The van der Waals surface area contributed by atoms with E-state index in [1.807, 2.05) is 13.8 Å². The second-order valence-electron chi connectivity index (χ2n) is 5.60. The molecule has 1 rings (SSSR count). The number of carbonyl (C=O) groups is 1. The molecule has 1 unspecified atom stereocenters. The lowest BCUT2D eigenvalue weighted by atomic mass is 10.1. The summed E-state index contributed by atoms with van der Waals surface area (Å²) >= 11 is 1.78. The van der Waals surface area contributed by atoms with Crippen LogP contribution in [0.4, 0.5) is 0 Å². The lowest BCUT2D eigenvalue weighted by molar-refractivity contribution is -0.143. The van der Waals surface area contributed by atoms with Crippen LogP contribution in [0.5, 0.6) is 0 Å². The summed E-state index contributed by atoms with van der Waals surface area (Å²) in [6.07, 6.45) is 5.36. The molecule has 0 aromatic heterocycles. The maximum atomic E-state index is 11.3. The van der Waals surface area contributed by atoms with E-state index < -0.39 is 11.5 Å². The van der Waals surface area contributed by atoms with Crippen LogP contribution in [0.2, 0.25) is 0 Å². The SMILES string of the molecule is CC(C)NC(C)(CSCC1CCCC1)C(=O)O. The molecule has 0 bridgehead atoms. The minimum Gasteiger partial charge on any atom is -0.480 e. The van der Waals surface area contributed by atoms with Gasteiger partial charge in [-0.1, -0.05) is 12.8 Å². The molecule has 0 aromatic carbocycles. The number of thioether (sulfide) groups is 1. The fraction of sp³-hybridized carbons (Fsp3) is 0.923. The molecule has 0 saturated heterocycles. The van der Waals surface area contributed by atoms with E-state index in [1.54, 1.807) is 18.7 Å². The molecule has 1 atom stereocenters. The van der Waals surface area contributed by atoms with Crippen molar-refractivity contribution >= 4 is 17.7 Å². The molecule has 1 aliphatic rings. The van der Waals surface area contributed by atoms with Crippen molar-refractivity contribution in [3.8, 4) is 0 Å². The minimum absolute atomic E-state index is 0.197. The highest BCUT2D eigenvalue weighted by Crippen LogP contribution is 2.29. The first-order chi connectivity index (χ1) is 7.94. The van der Waals surface area contributed by atoms with Gasteiger partial charge in [0.1, 0.15) is 5.54 Å². The molecule has 3 nitrogen and oxygen atoms in total. The van der Waals surface area contributed by atoms with Crippen molar-refractivity contribution in [1.82, 2.24) is 5.32 Å². The van der Waals surface area contributed by atoms with Crippen molar-refractivity contribution in [1.29, 1.82) is 0 Å². The Balaban J connectivity index is 2.35. The predicted octanol–water partition coefficient (Wildman–Crippen LogP) is 2.75. The third-order valence-electron chi connectivity index (χ3n) is 3.30. The van der Waals surface area contributed by atoms with Crippen LogP contribution in [-0.2, 0) is 4.79 Å². The van der Waals surface area contributed by atoms with Gasteiger partial charge in [-0.2, -0.15) is 11.8 Å². The topological polar surface area (TPSA) is 49.3 Å². The molecule has 1 fully saturated rings. The number of aliphatic carboxylic acids is 1. The molecular formula is C13H25NO2S. The van der Waals surface area contributed by atoms with Gasteiger partial charge in [0.05, 0.1) is 0 Å². The van der Waals surface area contributed by atoms with E-state index in [2.05, 4.69) is 5.32 Å². The van der Waals surface area contributed by atoms with Crippen LogP contribution in [0.25, 0.3) is 0 Å². The number of carboxylic acids is 1. The highest BCUT2D eigenvalue weighted by molar-refractivity contribution is 7.99. The van der Waals surface area contributed by atoms with Gasteiger partial charge in [-0.15, -0.1) is 0 Å². The van der Waals surface area contributed by atoms with Gasteiger partial charge in [-0.3, -0.25) is 10.1 Å². The average molecular weight is 259 g/mol. The number of nitrogens with one attached hydrogen (secondary N) is 1. The summed E-state index contributed by atoms with van der Waals surface area (Å²) in [6, 6.07) is 0.197. The molecule has 2 N–H and O–H groups in total. The molecular weight excluding hydrogens is 234 g/mol. The number of rotatable bonds is 7. The summed E-state index contributed by atoms with van der Waals surface area (Å²) in [5.74, 6) is 1.84. The summed E-state index contributed by atoms with van der Waals surface area (Å²) in [6.45, 7) is 5.77. The van der Waals surface area contributed by atoms with Crippen molar-refractivity contribution < 1.29 is 9.90 Å². The van der Waals surface area contributed by atoms with Crippen LogP contribution in [0, 0.1) is 5.92 Å². The van der Waals surface area contributed by atoms with E-state index in [-0.39, 0.29) is 6.04 Å². The van der Waals surface area contributed by atoms with Crippen molar-refractivity contribution in [2.24, 2.45) is 5.92 Å². The highest BCUT2D eigenvalue weighted by Gasteiger charge is 2.33. The van der Waals surface area contributed by atoms with E-state index in [0.29, 0.717) is 5.75 Å². The second-order valence-corrected chi connectivity index (χ2v) is 6.63. The van der Waals surface area contributed by atoms with Crippen LogP contribution in [0.3, 0.4) is 0 Å². The normalized spacial score (nSPS) is 20.7. The van der Waals surface area contributed by atoms with Crippen molar-refractivity contribution in [3.63, 3.8) is 0 Å². The standard InChI is InChI=1S/C13H25NO2S/c1-10(2)14-13(3,12(15)16)9-17-8-11-6-4-5-7-11/h10-11,14H,4-9H2,1-3H3,(H,15,16). The smallest absolute Gasteiger partial charge is 0.324 e. The highest BCUT2D eigenvalue weighted by atomic mass is 32.2. The lowest BCUT2D eigenvalue weighted by Gasteiger charge is -2.28. The zero-order valence-electron chi connectivity index (χ0n) is 11.2. The summed E-state index contributed by atoms with van der Waals surface area (Å²) in [5.41, 5.74) is -0.794. The molecule has 0 spiro atoms.